The highest BCUT2D eigenvalue weighted by Gasteiger charge is 2.45. The number of ether oxygens (including phenoxy) is 6. The van der Waals surface area contributed by atoms with E-state index in [1.165, 1.54) is 24.3 Å². The summed E-state index contributed by atoms with van der Waals surface area (Å²) in [4.78, 5) is 27.8. The van der Waals surface area contributed by atoms with Crippen molar-refractivity contribution in [3.8, 4) is 17.2 Å². The van der Waals surface area contributed by atoms with Crippen LogP contribution in [0.5, 0.6) is 17.2 Å². The molecule has 3 aromatic carbocycles. The van der Waals surface area contributed by atoms with Gasteiger partial charge in [-0.2, -0.15) is 0 Å². The highest BCUT2D eigenvalue weighted by Crippen LogP contribution is 2.43. The van der Waals surface area contributed by atoms with Gasteiger partial charge in [-0.15, -0.1) is 0 Å². The van der Waals surface area contributed by atoms with Crippen molar-refractivity contribution in [2.75, 3.05) is 0 Å². The van der Waals surface area contributed by atoms with Crippen molar-refractivity contribution >= 4 is 22.3 Å². The summed E-state index contributed by atoms with van der Waals surface area (Å²) >= 11 is 0. The van der Waals surface area contributed by atoms with Crippen molar-refractivity contribution in [1.82, 2.24) is 0 Å². The van der Waals surface area contributed by atoms with E-state index < -0.39 is 85.0 Å². The second kappa shape index (κ2) is 13.5. The van der Waals surface area contributed by atoms with Gasteiger partial charge in [0.25, 0.3) is 0 Å². The minimum Gasteiger partial charge on any atom is -0.507 e. The zero-order valence-corrected chi connectivity index (χ0v) is 28.1. The van der Waals surface area contributed by atoms with Crippen LogP contribution in [0, 0.1) is 6.92 Å². The van der Waals surface area contributed by atoms with Crippen molar-refractivity contribution < 1.29 is 63.5 Å². The number of rotatable bonds is 6. The Morgan fingerprint density at radius 1 is 0.700 bits per heavy atom. The highest BCUT2D eigenvalue weighted by molar-refractivity contribution is 6.34. The van der Waals surface area contributed by atoms with Gasteiger partial charge in [-0.3, -0.25) is 9.59 Å². The fourth-order valence-corrected chi connectivity index (χ4v) is 7.48. The lowest BCUT2D eigenvalue weighted by Gasteiger charge is -2.44. The Morgan fingerprint density at radius 3 is 2.18 bits per heavy atom. The zero-order valence-electron chi connectivity index (χ0n) is 28.1. The number of phenols is 2. The molecule has 268 valence electrons. The van der Waals surface area contributed by atoms with Gasteiger partial charge in [0.2, 0.25) is 6.29 Å². The number of carbonyl (C=O) groups excluding carboxylic acids is 2. The van der Waals surface area contributed by atoms with E-state index in [0.717, 1.165) is 5.56 Å². The normalized spacial score (nSPS) is 34.3. The Morgan fingerprint density at radius 2 is 1.44 bits per heavy atom. The number of fused-ring (bicyclic) bond motifs is 4. The molecule has 3 heterocycles. The van der Waals surface area contributed by atoms with Gasteiger partial charge in [-0.1, -0.05) is 12.1 Å². The molecule has 3 aromatic rings. The van der Waals surface area contributed by atoms with E-state index in [2.05, 4.69) is 0 Å². The van der Waals surface area contributed by atoms with Crippen molar-refractivity contribution in [3.05, 3.63) is 64.2 Å². The van der Waals surface area contributed by atoms with Crippen LogP contribution in [0.4, 0.5) is 0 Å². The summed E-state index contributed by atoms with van der Waals surface area (Å²) in [7, 11) is 0. The first-order chi connectivity index (χ1) is 23.8. The van der Waals surface area contributed by atoms with E-state index in [-0.39, 0.29) is 52.0 Å². The molecule has 11 atom stereocenters. The van der Waals surface area contributed by atoms with Crippen molar-refractivity contribution in [2.24, 2.45) is 0 Å². The summed E-state index contributed by atoms with van der Waals surface area (Å²) in [6.45, 7) is 6.95. The molecule has 4 aliphatic rings. The van der Waals surface area contributed by atoms with E-state index in [0.29, 0.717) is 18.2 Å². The first-order valence-electron chi connectivity index (χ1n) is 17.0. The monoisotopic (exact) mass is 694 g/mol. The zero-order chi connectivity index (χ0) is 35.6. The number of benzene rings is 3. The number of carbonyl (C=O) groups is 2. The molecule has 11 unspecified atom stereocenters. The van der Waals surface area contributed by atoms with Gasteiger partial charge in [0.05, 0.1) is 47.8 Å². The molecule has 13 nitrogen and oxygen atoms in total. The molecule has 0 aromatic heterocycles. The van der Waals surface area contributed by atoms with E-state index in [9.17, 15) is 35.1 Å². The minimum absolute atomic E-state index is 0.00179. The van der Waals surface area contributed by atoms with Crippen LogP contribution in [0.1, 0.15) is 83.9 Å². The first kappa shape index (κ1) is 34.8. The summed E-state index contributed by atoms with van der Waals surface area (Å²) < 4.78 is 36.1. The van der Waals surface area contributed by atoms with Gasteiger partial charge < -0.3 is 54.0 Å². The summed E-state index contributed by atoms with van der Waals surface area (Å²) in [5, 5.41) is 54.3. The molecule has 50 heavy (non-hydrogen) atoms. The molecule has 0 bridgehead atoms. The molecule has 5 N–H and O–H groups in total. The molecule has 7 rings (SSSR count). The fraction of sp³-hybridized carbons (Fsp3) is 0.514. The lowest BCUT2D eigenvalue weighted by molar-refractivity contribution is -0.323. The van der Waals surface area contributed by atoms with Crippen molar-refractivity contribution in [1.29, 1.82) is 0 Å². The molecule has 3 saturated heterocycles. The average Bonchev–Trinajstić information content (AvgIpc) is 3.05. The Hall–Kier alpha value is -3.66. The molecule has 1 aliphatic carbocycles. The standard InChI is InChI=1S/C37H42O13/c1-15-11-19-5-6-20-31(30(19)23(40)12-15)36(44)32-22(39)7-9-25(33(32)35(20)43)48-28-13-24(41)37(18(4)47-28)50-29-14-26(34(42)17(3)46-29)49-27-10-8-21(38)16(2)45-27/h5-7,9,11-12,16-18,21,24,26-29,34,37-42H,8,10,13-14H2,1-4H3. The van der Waals surface area contributed by atoms with Gasteiger partial charge in [-0.05, 0) is 69.3 Å². The number of ketones is 2. The maximum absolute atomic E-state index is 13.9. The van der Waals surface area contributed by atoms with Gasteiger partial charge >= 0.3 is 0 Å². The second-order valence-corrected chi connectivity index (χ2v) is 13.7. The van der Waals surface area contributed by atoms with Gasteiger partial charge in [0, 0.05) is 35.8 Å². The van der Waals surface area contributed by atoms with Gasteiger partial charge in [-0.25, -0.2) is 0 Å². The number of aryl methyl sites for hydroxylation is 1. The van der Waals surface area contributed by atoms with E-state index >= 15 is 0 Å². The largest absolute Gasteiger partial charge is 0.507 e. The minimum atomic E-state index is -1.10. The Balaban J connectivity index is 1.06. The first-order valence-corrected chi connectivity index (χ1v) is 17.0. The maximum Gasteiger partial charge on any atom is 0.202 e. The SMILES string of the molecule is Cc1cc(O)c2c3c(ccc2c1)C(=O)c1c(OC2CC(O)C(OC4CC(OC5CCC(O)C(C)O5)C(O)C(C)O4)C(C)O2)ccc(O)c1C3=O. The molecule has 13 heteroatoms. The van der Waals surface area contributed by atoms with Gasteiger partial charge in [0.15, 0.2) is 24.1 Å². The van der Waals surface area contributed by atoms with Crippen molar-refractivity contribution in [3.63, 3.8) is 0 Å². The molecule has 0 radical (unpaired) electrons. The van der Waals surface area contributed by atoms with Crippen LogP contribution in [0.3, 0.4) is 0 Å². The fourth-order valence-electron chi connectivity index (χ4n) is 7.48. The third-order valence-corrected chi connectivity index (χ3v) is 10.1. The Bertz CT molecular complexity index is 1800. The molecule has 0 saturated carbocycles. The number of aromatic hydroxyl groups is 2. The number of aliphatic hydroxyl groups excluding tert-OH is 3. The second-order valence-electron chi connectivity index (χ2n) is 13.7. The molecular weight excluding hydrogens is 652 g/mol. The number of hydrogen-bond donors (Lipinski definition) is 5. The predicted octanol–water partition coefficient (Wildman–Crippen LogP) is 3.36. The molecular formula is C37H42O13. The Labute approximate surface area is 288 Å². The van der Waals surface area contributed by atoms with Crippen LogP contribution in [0.25, 0.3) is 10.8 Å². The molecule has 3 fully saturated rings. The van der Waals surface area contributed by atoms with Crippen LogP contribution in [-0.4, -0.2) is 105 Å². The molecule has 3 aliphatic heterocycles. The van der Waals surface area contributed by atoms with Crippen LogP contribution in [-0.2, 0) is 23.7 Å². The summed E-state index contributed by atoms with van der Waals surface area (Å²) in [5.41, 5.74) is 0.455. The Kier molecular flexibility index (Phi) is 9.37. The quantitative estimate of drug-likeness (QED) is 0.198. The van der Waals surface area contributed by atoms with Crippen molar-refractivity contribution in [2.45, 2.75) is 121 Å². The van der Waals surface area contributed by atoms with E-state index in [4.69, 9.17) is 28.4 Å². The smallest absolute Gasteiger partial charge is 0.202 e. The van der Waals surface area contributed by atoms with Gasteiger partial charge in [0.1, 0.15) is 29.5 Å². The highest BCUT2D eigenvalue weighted by atomic mass is 16.7. The van der Waals surface area contributed by atoms with Crippen LogP contribution in [0.15, 0.2) is 36.4 Å². The van der Waals surface area contributed by atoms with Crippen LogP contribution >= 0.6 is 0 Å². The lowest BCUT2D eigenvalue weighted by Crippen LogP contribution is -2.55. The third kappa shape index (κ3) is 6.26. The molecule has 0 amide bonds. The summed E-state index contributed by atoms with van der Waals surface area (Å²) in [6, 6.07) is 9.11. The number of phenolic OH excluding ortho intramolecular Hbond substituents is 2. The third-order valence-electron chi connectivity index (χ3n) is 10.1. The summed E-state index contributed by atoms with van der Waals surface area (Å²) in [5.74, 6) is -1.78. The lowest BCUT2D eigenvalue weighted by atomic mass is 9.80. The van der Waals surface area contributed by atoms with E-state index in [1.54, 1.807) is 39.8 Å². The average molecular weight is 695 g/mol. The maximum atomic E-state index is 13.9. The molecule has 0 spiro atoms. The van der Waals surface area contributed by atoms with Crippen LogP contribution < -0.4 is 4.74 Å². The number of aliphatic hydroxyl groups is 3. The van der Waals surface area contributed by atoms with Crippen LogP contribution in [0.2, 0.25) is 0 Å². The van der Waals surface area contributed by atoms with E-state index in [1.807, 2.05) is 0 Å². The predicted molar refractivity (Wildman–Crippen MR) is 175 cm³/mol. The summed E-state index contributed by atoms with van der Waals surface area (Å²) in [6.07, 6.45) is -7.34. The topological polar surface area (TPSA) is 191 Å². The number of hydrogen-bond acceptors (Lipinski definition) is 13.